The molecule has 6 nitrogen and oxygen atoms in total. The molecule has 1 fully saturated rings. The predicted octanol–water partition coefficient (Wildman–Crippen LogP) is 3.23. The van der Waals surface area contributed by atoms with Crippen LogP contribution in [0.1, 0.15) is 25.7 Å². The van der Waals surface area contributed by atoms with Crippen LogP contribution in [0, 0.1) is 11.6 Å². The molecule has 0 aliphatic carbocycles. The predicted molar refractivity (Wildman–Crippen MR) is 99.9 cm³/mol. The summed E-state index contributed by atoms with van der Waals surface area (Å²) in [4.78, 5) is 16.2. The summed E-state index contributed by atoms with van der Waals surface area (Å²) < 4.78 is 52.0. The number of nitrogens with one attached hydrogen (secondary N) is 1. The molecule has 2 aromatic rings. The van der Waals surface area contributed by atoms with Crippen molar-refractivity contribution in [3.63, 3.8) is 0 Å². The lowest BCUT2D eigenvalue weighted by Crippen LogP contribution is -2.30. The molecule has 146 valence electrons. The van der Waals surface area contributed by atoms with Crippen molar-refractivity contribution in [2.75, 3.05) is 24.2 Å². The van der Waals surface area contributed by atoms with Crippen LogP contribution in [0.4, 0.5) is 13.9 Å². The van der Waals surface area contributed by atoms with E-state index in [0.29, 0.717) is 29.5 Å². The second kappa shape index (κ2) is 8.41. The summed E-state index contributed by atoms with van der Waals surface area (Å²) in [5.41, 5.74) is 0.827. The Hall–Kier alpha value is -1.91. The zero-order valence-electron chi connectivity index (χ0n) is 14.5. The van der Waals surface area contributed by atoms with Crippen molar-refractivity contribution >= 4 is 32.4 Å². The van der Waals surface area contributed by atoms with Gasteiger partial charge in [-0.25, -0.2) is 26.5 Å². The smallest absolute Gasteiger partial charge is 0.226 e. The Morgan fingerprint density at radius 1 is 1.22 bits per heavy atom. The first kappa shape index (κ1) is 19.8. The lowest BCUT2D eigenvalue weighted by molar-refractivity contribution is -0.116. The summed E-state index contributed by atoms with van der Waals surface area (Å²) in [5.74, 6) is -2.30. The van der Waals surface area contributed by atoms with Crippen molar-refractivity contribution in [2.45, 2.75) is 25.7 Å². The van der Waals surface area contributed by atoms with E-state index in [-0.39, 0.29) is 24.5 Å². The number of aromatic nitrogens is 1. The fourth-order valence-corrected chi connectivity index (χ4v) is 5.13. The van der Waals surface area contributed by atoms with E-state index in [2.05, 4.69) is 10.3 Å². The van der Waals surface area contributed by atoms with Gasteiger partial charge in [-0.2, -0.15) is 0 Å². The van der Waals surface area contributed by atoms with Crippen LogP contribution >= 0.6 is 11.3 Å². The molecule has 1 aromatic heterocycles. The lowest BCUT2D eigenvalue weighted by Gasteiger charge is -2.14. The monoisotopic (exact) mass is 415 g/mol. The molecule has 1 saturated heterocycles. The van der Waals surface area contributed by atoms with E-state index in [4.69, 9.17) is 0 Å². The number of benzene rings is 1. The van der Waals surface area contributed by atoms with Crippen LogP contribution in [-0.2, 0) is 14.8 Å². The Morgan fingerprint density at radius 3 is 2.67 bits per heavy atom. The van der Waals surface area contributed by atoms with Gasteiger partial charge in [-0.1, -0.05) is 0 Å². The molecular formula is C17H19F2N3O3S2. The molecule has 1 N–H and O–H groups in total. The van der Waals surface area contributed by atoms with Gasteiger partial charge in [0.25, 0.3) is 0 Å². The first-order valence-corrected chi connectivity index (χ1v) is 11.0. The van der Waals surface area contributed by atoms with E-state index in [1.807, 2.05) is 0 Å². The Bertz CT molecular complexity index is 925. The summed E-state index contributed by atoms with van der Waals surface area (Å²) in [6, 6.07) is 3.46. The summed E-state index contributed by atoms with van der Waals surface area (Å²) in [7, 11) is -3.29. The van der Waals surface area contributed by atoms with Gasteiger partial charge < -0.3 is 5.32 Å². The molecule has 3 rings (SSSR count). The molecule has 1 aliphatic rings. The first-order valence-electron chi connectivity index (χ1n) is 8.54. The number of sulfonamides is 1. The van der Waals surface area contributed by atoms with E-state index >= 15 is 0 Å². The third kappa shape index (κ3) is 5.08. The second-order valence-corrected chi connectivity index (χ2v) is 9.19. The second-order valence-electron chi connectivity index (χ2n) is 6.24. The number of hydrogen-bond donors (Lipinski definition) is 1. The normalized spacial score (nSPS) is 15.2. The number of hydrogen-bond acceptors (Lipinski definition) is 5. The molecular weight excluding hydrogens is 396 g/mol. The van der Waals surface area contributed by atoms with Gasteiger partial charge in [0.1, 0.15) is 0 Å². The maximum atomic E-state index is 13.3. The molecule has 2 heterocycles. The van der Waals surface area contributed by atoms with Crippen LogP contribution in [0.25, 0.3) is 11.3 Å². The highest BCUT2D eigenvalue weighted by Crippen LogP contribution is 2.26. The number of carbonyl (C=O) groups is 1. The van der Waals surface area contributed by atoms with E-state index < -0.39 is 21.7 Å². The number of anilines is 1. The molecule has 0 bridgehead atoms. The van der Waals surface area contributed by atoms with Crippen LogP contribution in [0.3, 0.4) is 0 Å². The lowest BCUT2D eigenvalue weighted by atomic mass is 10.2. The fraction of sp³-hybridized carbons (Fsp3) is 0.412. The molecule has 0 saturated carbocycles. The van der Waals surface area contributed by atoms with Gasteiger partial charge in [0, 0.05) is 30.5 Å². The van der Waals surface area contributed by atoms with Crippen molar-refractivity contribution in [3.8, 4) is 11.3 Å². The maximum absolute atomic E-state index is 13.3. The standard InChI is InChI=1S/C17H19F2N3O3S2/c18-13-6-5-12(10-14(13)19)15-11-26-17(20-15)21-16(23)4-3-9-27(24,25)22-7-1-2-8-22/h5-6,10-11H,1-4,7-9H2,(H,20,21,23). The Balaban J connectivity index is 1.51. The minimum atomic E-state index is -3.29. The van der Waals surface area contributed by atoms with Crippen LogP contribution < -0.4 is 5.32 Å². The van der Waals surface area contributed by atoms with Gasteiger partial charge in [0.15, 0.2) is 16.8 Å². The minimum absolute atomic E-state index is 0.0571. The average molecular weight is 415 g/mol. The molecule has 0 radical (unpaired) electrons. The topological polar surface area (TPSA) is 79.4 Å². The van der Waals surface area contributed by atoms with E-state index in [1.54, 1.807) is 5.38 Å². The fourth-order valence-electron chi connectivity index (χ4n) is 2.81. The number of carbonyl (C=O) groups excluding carboxylic acids is 1. The van der Waals surface area contributed by atoms with Crippen molar-refractivity contribution in [1.82, 2.24) is 9.29 Å². The van der Waals surface area contributed by atoms with Gasteiger partial charge in [-0.05, 0) is 37.5 Å². The molecule has 0 spiro atoms. The SMILES string of the molecule is O=C(CCCS(=O)(=O)N1CCCC1)Nc1nc(-c2ccc(F)c(F)c2)cs1. The quantitative estimate of drug-likeness (QED) is 0.753. The molecule has 27 heavy (non-hydrogen) atoms. The van der Waals surface area contributed by atoms with Gasteiger partial charge in [0.2, 0.25) is 15.9 Å². The Morgan fingerprint density at radius 2 is 1.96 bits per heavy atom. The van der Waals surface area contributed by atoms with Crippen LogP contribution in [-0.4, -0.2) is 42.5 Å². The summed E-state index contributed by atoms with van der Waals surface area (Å²) in [5, 5.41) is 4.55. The Labute approximate surface area is 160 Å². The van der Waals surface area contributed by atoms with Crippen LogP contribution in [0.15, 0.2) is 23.6 Å². The average Bonchev–Trinajstić information content (AvgIpc) is 3.29. The highest BCUT2D eigenvalue weighted by molar-refractivity contribution is 7.89. The molecule has 10 heteroatoms. The number of thiazole rings is 1. The maximum Gasteiger partial charge on any atom is 0.226 e. The molecule has 1 aromatic carbocycles. The number of halogens is 2. The molecule has 0 unspecified atom stereocenters. The van der Waals surface area contributed by atoms with Gasteiger partial charge in [-0.3, -0.25) is 4.79 Å². The molecule has 1 amide bonds. The Kier molecular flexibility index (Phi) is 6.18. The highest BCUT2D eigenvalue weighted by atomic mass is 32.2. The van der Waals surface area contributed by atoms with Crippen LogP contribution in [0.2, 0.25) is 0 Å². The van der Waals surface area contributed by atoms with Crippen LogP contribution in [0.5, 0.6) is 0 Å². The number of rotatable bonds is 7. The number of amides is 1. The van der Waals surface area contributed by atoms with Gasteiger partial charge >= 0.3 is 0 Å². The summed E-state index contributed by atoms with van der Waals surface area (Å²) >= 11 is 1.16. The van der Waals surface area contributed by atoms with E-state index in [9.17, 15) is 22.0 Å². The van der Waals surface area contributed by atoms with Crippen molar-refractivity contribution in [3.05, 3.63) is 35.2 Å². The first-order chi connectivity index (χ1) is 12.8. The summed E-state index contributed by atoms with van der Waals surface area (Å²) in [6.07, 6.45) is 2.05. The minimum Gasteiger partial charge on any atom is -0.302 e. The largest absolute Gasteiger partial charge is 0.302 e. The zero-order valence-corrected chi connectivity index (χ0v) is 16.1. The third-order valence-corrected chi connectivity index (χ3v) is 6.94. The number of nitrogens with zero attached hydrogens (tertiary/aromatic N) is 2. The molecule has 1 aliphatic heterocycles. The van der Waals surface area contributed by atoms with Crippen molar-refractivity contribution < 1.29 is 22.0 Å². The highest BCUT2D eigenvalue weighted by Gasteiger charge is 2.24. The summed E-state index contributed by atoms with van der Waals surface area (Å²) in [6.45, 7) is 1.11. The van der Waals surface area contributed by atoms with Gasteiger partial charge in [-0.15, -0.1) is 11.3 Å². The van der Waals surface area contributed by atoms with Gasteiger partial charge in [0.05, 0.1) is 11.4 Å². The van der Waals surface area contributed by atoms with Crippen molar-refractivity contribution in [2.24, 2.45) is 0 Å². The zero-order chi connectivity index (χ0) is 19.4. The third-order valence-electron chi connectivity index (χ3n) is 4.23. The van der Waals surface area contributed by atoms with E-state index in [0.717, 1.165) is 36.3 Å². The van der Waals surface area contributed by atoms with E-state index in [1.165, 1.54) is 10.4 Å². The molecule has 0 atom stereocenters. The van der Waals surface area contributed by atoms with Crippen molar-refractivity contribution in [1.29, 1.82) is 0 Å².